The minimum absolute atomic E-state index is 0.00337. The van der Waals surface area contributed by atoms with Gasteiger partial charge in [-0.25, -0.2) is 13.4 Å². The van der Waals surface area contributed by atoms with Gasteiger partial charge in [0.15, 0.2) is 9.84 Å². The molecule has 1 amide bonds. The van der Waals surface area contributed by atoms with E-state index in [-0.39, 0.29) is 16.7 Å². The van der Waals surface area contributed by atoms with Crippen LogP contribution in [0, 0.1) is 0 Å². The smallest absolute Gasteiger partial charge is 0.224 e. The van der Waals surface area contributed by atoms with Crippen LogP contribution in [0.2, 0.25) is 5.02 Å². The van der Waals surface area contributed by atoms with E-state index in [4.69, 9.17) is 11.6 Å². The maximum absolute atomic E-state index is 12.3. The molecule has 1 aliphatic rings. The number of halogens is 1. The molecular formula is C16H20ClN5O3S. The maximum atomic E-state index is 12.3. The molecule has 26 heavy (non-hydrogen) atoms. The summed E-state index contributed by atoms with van der Waals surface area (Å²) in [5, 5.41) is 4.28. The summed E-state index contributed by atoms with van der Waals surface area (Å²) in [6, 6.07) is 1.45. The standard InChI is InChI=1S/C16H20ClN5O3S/c1-26(24,25)14-8-13(17)9-19-16(14)12-2-5-21(6-3-12)15(23)4-7-22-11-18-10-20-22/h8-12H,2-7H2,1H3. The van der Waals surface area contributed by atoms with E-state index in [0.29, 0.717) is 49.6 Å². The number of aryl methyl sites for hydroxylation is 1. The highest BCUT2D eigenvalue weighted by Crippen LogP contribution is 2.32. The lowest BCUT2D eigenvalue weighted by Gasteiger charge is -2.32. The molecule has 0 unspecified atom stereocenters. The van der Waals surface area contributed by atoms with E-state index < -0.39 is 9.84 Å². The minimum Gasteiger partial charge on any atom is -0.343 e. The minimum atomic E-state index is -3.41. The summed E-state index contributed by atoms with van der Waals surface area (Å²) in [6.45, 7) is 1.65. The van der Waals surface area contributed by atoms with E-state index in [1.54, 1.807) is 11.0 Å². The summed E-state index contributed by atoms with van der Waals surface area (Å²) in [7, 11) is -3.41. The molecule has 1 aliphatic heterocycles. The van der Waals surface area contributed by atoms with Gasteiger partial charge < -0.3 is 4.90 Å². The molecule has 0 N–H and O–H groups in total. The Morgan fingerprint density at radius 2 is 2.08 bits per heavy atom. The van der Waals surface area contributed by atoms with Gasteiger partial charge in [0, 0.05) is 37.9 Å². The number of sulfone groups is 1. The number of aromatic nitrogens is 4. The molecule has 3 rings (SSSR count). The van der Waals surface area contributed by atoms with E-state index in [0.717, 1.165) is 6.26 Å². The lowest BCUT2D eigenvalue weighted by Crippen LogP contribution is -2.38. The summed E-state index contributed by atoms with van der Waals surface area (Å²) >= 11 is 5.91. The number of hydrogen-bond acceptors (Lipinski definition) is 6. The number of rotatable bonds is 5. The average molecular weight is 398 g/mol. The van der Waals surface area contributed by atoms with Crippen LogP contribution in [0.5, 0.6) is 0 Å². The molecule has 140 valence electrons. The fraction of sp³-hybridized carbons (Fsp3) is 0.500. The number of nitrogens with zero attached hydrogens (tertiary/aromatic N) is 5. The average Bonchev–Trinajstić information content (AvgIpc) is 3.12. The number of hydrogen-bond donors (Lipinski definition) is 0. The molecule has 0 spiro atoms. The summed E-state index contributed by atoms with van der Waals surface area (Å²) in [5.74, 6) is 0.0581. The first kappa shape index (κ1) is 18.8. The first-order valence-corrected chi connectivity index (χ1v) is 10.6. The van der Waals surface area contributed by atoms with E-state index in [9.17, 15) is 13.2 Å². The molecule has 2 aromatic heterocycles. The molecule has 1 saturated heterocycles. The lowest BCUT2D eigenvalue weighted by atomic mass is 9.93. The van der Waals surface area contributed by atoms with Gasteiger partial charge in [-0.15, -0.1) is 0 Å². The summed E-state index contributed by atoms with van der Waals surface area (Å²) in [4.78, 5) is 22.5. The van der Waals surface area contributed by atoms with Crippen molar-refractivity contribution in [3.05, 3.63) is 35.6 Å². The predicted octanol–water partition coefficient (Wildman–Crippen LogP) is 1.53. The van der Waals surface area contributed by atoms with Crippen molar-refractivity contribution >= 4 is 27.3 Å². The largest absolute Gasteiger partial charge is 0.343 e. The first-order valence-electron chi connectivity index (χ1n) is 8.30. The van der Waals surface area contributed by atoms with Gasteiger partial charge in [-0.3, -0.25) is 14.5 Å². The van der Waals surface area contributed by atoms with Crippen molar-refractivity contribution in [2.75, 3.05) is 19.3 Å². The van der Waals surface area contributed by atoms with Gasteiger partial charge in [-0.05, 0) is 18.9 Å². The predicted molar refractivity (Wildman–Crippen MR) is 95.6 cm³/mol. The molecular weight excluding hydrogens is 378 g/mol. The first-order chi connectivity index (χ1) is 12.3. The highest BCUT2D eigenvalue weighted by molar-refractivity contribution is 7.90. The Kier molecular flexibility index (Phi) is 5.57. The number of carbonyl (C=O) groups is 1. The zero-order chi connectivity index (χ0) is 18.7. The number of pyridine rings is 1. The molecule has 0 saturated carbocycles. The van der Waals surface area contributed by atoms with Gasteiger partial charge in [0.25, 0.3) is 0 Å². The molecule has 0 aliphatic carbocycles. The Morgan fingerprint density at radius 1 is 1.35 bits per heavy atom. The Hall–Kier alpha value is -2.00. The monoisotopic (exact) mass is 397 g/mol. The van der Waals surface area contributed by atoms with Crippen LogP contribution in [0.25, 0.3) is 0 Å². The summed E-state index contributed by atoms with van der Waals surface area (Å²) in [6.07, 6.45) is 7.36. The Labute approximate surface area is 157 Å². The van der Waals surface area contributed by atoms with Crippen LogP contribution < -0.4 is 0 Å². The number of carbonyl (C=O) groups excluding carboxylic acids is 1. The molecule has 2 aromatic rings. The highest BCUT2D eigenvalue weighted by Gasteiger charge is 2.28. The van der Waals surface area contributed by atoms with Gasteiger partial charge in [0.05, 0.1) is 22.2 Å². The molecule has 0 atom stereocenters. The van der Waals surface area contributed by atoms with Crippen LogP contribution >= 0.6 is 11.6 Å². The highest BCUT2D eigenvalue weighted by atomic mass is 35.5. The van der Waals surface area contributed by atoms with Crippen LogP contribution in [0.3, 0.4) is 0 Å². The lowest BCUT2D eigenvalue weighted by molar-refractivity contribution is -0.132. The third-order valence-corrected chi connectivity index (χ3v) is 5.84. The molecule has 0 aromatic carbocycles. The second-order valence-electron chi connectivity index (χ2n) is 6.37. The van der Waals surface area contributed by atoms with E-state index in [2.05, 4.69) is 15.1 Å². The van der Waals surface area contributed by atoms with Crippen molar-refractivity contribution < 1.29 is 13.2 Å². The number of piperidine rings is 1. The van der Waals surface area contributed by atoms with Crippen molar-refractivity contribution in [2.24, 2.45) is 0 Å². The van der Waals surface area contributed by atoms with Crippen LogP contribution in [-0.4, -0.2) is 58.3 Å². The van der Waals surface area contributed by atoms with Crippen molar-refractivity contribution in [3.8, 4) is 0 Å². The fourth-order valence-corrected chi connectivity index (χ4v) is 4.32. The van der Waals surface area contributed by atoms with Crippen molar-refractivity contribution in [1.82, 2.24) is 24.6 Å². The Bertz CT molecular complexity index is 877. The van der Waals surface area contributed by atoms with Crippen molar-refractivity contribution in [2.45, 2.75) is 36.6 Å². The van der Waals surface area contributed by atoms with Gasteiger partial charge in [-0.2, -0.15) is 5.10 Å². The maximum Gasteiger partial charge on any atom is 0.224 e. The third kappa shape index (κ3) is 4.39. The van der Waals surface area contributed by atoms with Gasteiger partial charge >= 0.3 is 0 Å². The van der Waals surface area contributed by atoms with Crippen molar-refractivity contribution in [1.29, 1.82) is 0 Å². The van der Waals surface area contributed by atoms with Gasteiger partial charge in [0.2, 0.25) is 5.91 Å². The molecule has 3 heterocycles. The number of likely N-dealkylation sites (tertiary alicyclic amines) is 1. The van der Waals surface area contributed by atoms with Gasteiger partial charge in [0.1, 0.15) is 12.7 Å². The SMILES string of the molecule is CS(=O)(=O)c1cc(Cl)cnc1C1CCN(C(=O)CCn2cncn2)CC1. The van der Waals surface area contributed by atoms with Gasteiger partial charge in [-0.1, -0.05) is 11.6 Å². The zero-order valence-corrected chi connectivity index (χ0v) is 15.9. The summed E-state index contributed by atoms with van der Waals surface area (Å²) in [5.41, 5.74) is 0.548. The molecule has 1 fully saturated rings. The van der Waals surface area contributed by atoms with Crippen LogP contribution in [-0.2, 0) is 21.2 Å². The quantitative estimate of drug-likeness (QED) is 0.758. The number of amides is 1. The normalized spacial score (nSPS) is 16.0. The second-order valence-corrected chi connectivity index (χ2v) is 8.79. The van der Waals surface area contributed by atoms with Crippen molar-refractivity contribution in [3.63, 3.8) is 0 Å². The fourth-order valence-electron chi connectivity index (χ4n) is 3.15. The molecule has 8 nitrogen and oxygen atoms in total. The Balaban J connectivity index is 1.63. The van der Waals surface area contributed by atoms with Crippen LogP contribution in [0.1, 0.15) is 30.9 Å². The summed E-state index contributed by atoms with van der Waals surface area (Å²) < 4.78 is 25.7. The van der Waals surface area contributed by atoms with Crippen LogP contribution in [0.4, 0.5) is 0 Å². The van der Waals surface area contributed by atoms with Crippen LogP contribution in [0.15, 0.2) is 29.8 Å². The zero-order valence-electron chi connectivity index (χ0n) is 14.4. The third-order valence-electron chi connectivity index (χ3n) is 4.50. The van der Waals surface area contributed by atoms with E-state index in [1.165, 1.54) is 18.6 Å². The van der Waals surface area contributed by atoms with E-state index in [1.807, 2.05) is 4.90 Å². The second kappa shape index (κ2) is 7.71. The molecule has 0 bridgehead atoms. The van der Waals surface area contributed by atoms with E-state index >= 15 is 0 Å². The molecule has 0 radical (unpaired) electrons. The topological polar surface area (TPSA) is 98.1 Å². The molecule has 10 heteroatoms. The Morgan fingerprint density at radius 3 is 2.69 bits per heavy atom.